The van der Waals surface area contributed by atoms with E-state index in [1.54, 1.807) is 11.3 Å². The van der Waals surface area contributed by atoms with Gasteiger partial charge in [-0.2, -0.15) is 0 Å². The first-order chi connectivity index (χ1) is 6.01. The minimum Gasteiger partial charge on any atom is -0.246 e. The molecule has 74 valence electrons. The molecule has 2 heteroatoms. The van der Waals surface area contributed by atoms with E-state index in [1.165, 1.54) is 17.1 Å². The second kappa shape index (κ2) is 4.23. The molecule has 0 N–H and O–H groups in total. The third kappa shape index (κ3) is 3.90. The SMILES string of the molecule is CCCc1nc(CC(C)(C)C)cs1. The summed E-state index contributed by atoms with van der Waals surface area (Å²) >= 11 is 1.80. The van der Waals surface area contributed by atoms with Gasteiger partial charge in [-0.1, -0.05) is 27.7 Å². The molecule has 0 spiro atoms. The van der Waals surface area contributed by atoms with Gasteiger partial charge in [0.25, 0.3) is 0 Å². The summed E-state index contributed by atoms with van der Waals surface area (Å²) < 4.78 is 0. The Balaban J connectivity index is 2.59. The third-order valence-corrected chi connectivity index (χ3v) is 2.73. The molecule has 0 bridgehead atoms. The Morgan fingerprint density at radius 1 is 1.38 bits per heavy atom. The minimum absolute atomic E-state index is 0.359. The number of aryl methyl sites for hydroxylation is 1. The predicted molar refractivity (Wildman–Crippen MR) is 59.3 cm³/mol. The van der Waals surface area contributed by atoms with E-state index in [0.717, 1.165) is 12.8 Å². The molecule has 13 heavy (non-hydrogen) atoms. The van der Waals surface area contributed by atoms with Crippen LogP contribution >= 0.6 is 11.3 Å². The van der Waals surface area contributed by atoms with Gasteiger partial charge in [-0.15, -0.1) is 11.3 Å². The van der Waals surface area contributed by atoms with Crippen LogP contribution in [0.4, 0.5) is 0 Å². The van der Waals surface area contributed by atoms with E-state index in [1.807, 2.05) is 0 Å². The summed E-state index contributed by atoms with van der Waals surface area (Å²) in [7, 11) is 0. The fraction of sp³-hybridized carbons (Fsp3) is 0.727. The maximum Gasteiger partial charge on any atom is 0.0928 e. The van der Waals surface area contributed by atoms with E-state index in [-0.39, 0.29) is 0 Å². The van der Waals surface area contributed by atoms with Gasteiger partial charge in [-0.3, -0.25) is 0 Å². The zero-order chi connectivity index (χ0) is 9.90. The maximum atomic E-state index is 4.60. The summed E-state index contributed by atoms with van der Waals surface area (Å²) in [6.45, 7) is 8.97. The monoisotopic (exact) mass is 197 g/mol. The molecule has 1 aromatic rings. The lowest BCUT2D eigenvalue weighted by atomic mass is 9.91. The second-order valence-corrected chi connectivity index (χ2v) is 5.66. The van der Waals surface area contributed by atoms with Crippen molar-refractivity contribution in [2.45, 2.75) is 47.0 Å². The molecule has 1 aromatic heterocycles. The number of thiazole rings is 1. The van der Waals surface area contributed by atoms with Crippen LogP contribution in [0.3, 0.4) is 0 Å². The average Bonchev–Trinajstić information content (AvgIpc) is 2.33. The summed E-state index contributed by atoms with van der Waals surface area (Å²) in [5.74, 6) is 0. The van der Waals surface area contributed by atoms with E-state index in [9.17, 15) is 0 Å². The van der Waals surface area contributed by atoms with Crippen molar-refractivity contribution in [3.63, 3.8) is 0 Å². The summed E-state index contributed by atoms with van der Waals surface area (Å²) in [6, 6.07) is 0. The Labute approximate surface area is 85.2 Å². The lowest BCUT2D eigenvalue weighted by molar-refractivity contribution is 0.407. The molecule has 0 aromatic carbocycles. The molecule has 0 saturated heterocycles. The zero-order valence-electron chi connectivity index (χ0n) is 9.05. The van der Waals surface area contributed by atoms with Crippen LogP contribution in [-0.2, 0) is 12.8 Å². The van der Waals surface area contributed by atoms with Crippen LogP contribution in [0, 0.1) is 5.41 Å². The number of aromatic nitrogens is 1. The number of rotatable bonds is 3. The van der Waals surface area contributed by atoms with Crippen molar-refractivity contribution < 1.29 is 0 Å². The Hall–Kier alpha value is -0.370. The Kier molecular flexibility index (Phi) is 3.48. The molecular formula is C11H19NS. The smallest absolute Gasteiger partial charge is 0.0928 e. The molecule has 1 nitrogen and oxygen atoms in total. The summed E-state index contributed by atoms with van der Waals surface area (Å²) in [5.41, 5.74) is 1.62. The summed E-state index contributed by atoms with van der Waals surface area (Å²) in [5, 5.41) is 3.50. The highest BCUT2D eigenvalue weighted by Gasteiger charge is 2.13. The molecule has 0 fully saturated rings. The van der Waals surface area contributed by atoms with Crippen molar-refractivity contribution in [3.8, 4) is 0 Å². The number of nitrogens with zero attached hydrogens (tertiary/aromatic N) is 1. The summed E-state index contributed by atoms with van der Waals surface area (Å²) in [4.78, 5) is 4.60. The highest BCUT2D eigenvalue weighted by Crippen LogP contribution is 2.22. The van der Waals surface area contributed by atoms with Crippen LogP contribution in [0.5, 0.6) is 0 Å². The second-order valence-electron chi connectivity index (χ2n) is 4.72. The van der Waals surface area contributed by atoms with Crippen molar-refractivity contribution in [1.82, 2.24) is 4.98 Å². The number of hydrogen-bond acceptors (Lipinski definition) is 2. The first-order valence-corrected chi connectivity index (χ1v) is 5.82. The first-order valence-electron chi connectivity index (χ1n) is 4.94. The third-order valence-electron chi connectivity index (χ3n) is 1.77. The fourth-order valence-corrected chi connectivity index (χ4v) is 2.20. The highest BCUT2D eigenvalue weighted by atomic mass is 32.1. The van der Waals surface area contributed by atoms with Gasteiger partial charge in [-0.05, 0) is 24.7 Å². The quantitative estimate of drug-likeness (QED) is 0.720. The molecule has 1 heterocycles. The van der Waals surface area contributed by atoms with Crippen LogP contribution in [0.2, 0.25) is 0 Å². The molecule has 1 rings (SSSR count). The van der Waals surface area contributed by atoms with Crippen molar-refractivity contribution in [1.29, 1.82) is 0 Å². The fourth-order valence-electron chi connectivity index (χ4n) is 1.30. The van der Waals surface area contributed by atoms with E-state index in [4.69, 9.17) is 0 Å². The normalized spacial score (nSPS) is 12.0. The first kappa shape index (κ1) is 10.7. The average molecular weight is 197 g/mol. The van der Waals surface area contributed by atoms with Crippen LogP contribution in [0.1, 0.15) is 44.8 Å². The van der Waals surface area contributed by atoms with E-state index >= 15 is 0 Å². The molecule has 0 radical (unpaired) electrons. The molecule has 0 atom stereocenters. The molecule has 0 aliphatic rings. The Bertz CT molecular complexity index is 257. The van der Waals surface area contributed by atoms with Crippen molar-refractivity contribution in [2.75, 3.05) is 0 Å². The number of hydrogen-bond donors (Lipinski definition) is 0. The molecule has 0 amide bonds. The van der Waals surface area contributed by atoms with Crippen LogP contribution < -0.4 is 0 Å². The molecule has 0 aliphatic heterocycles. The van der Waals surface area contributed by atoms with Gasteiger partial charge in [0.1, 0.15) is 0 Å². The lowest BCUT2D eigenvalue weighted by Crippen LogP contribution is -2.09. The zero-order valence-corrected chi connectivity index (χ0v) is 9.87. The predicted octanol–water partition coefficient (Wildman–Crippen LogP) is 3.68. The van der Waals surface area contributed by atoms with E-state index in [2.05, 4.69) is 38.1 Å². The largest absolute Gasteiger partial charge is 0.246 e. The standard InChI is InChI=1S/C11H19NS/c1-5-6-10-12-9(8-13-10)7-11(2,3)4/h8H,5-7H2,1-4H3. The van der Waals surface area contributed by atoms with Crippen LogP contribution in [-0.4, -0.2) is 4.98 Å². The van der Waals surface area contributed by atoms with Gasteiger partial charge < -0.3 is 0 Å². The maximum absolute atomic E-state index is 4.60. The van der Waals surface area contributed by atoms with Gasteiger partial charge >= 0.3 is 0 Å². The van der Waals surface area contributed by atoms with Crippen molar-refractivity contribution in [2.24, 2.45) is 5.41 Å². The van der Waals surface area contributed by atoms with Crippen LogP contribution in [0.15, 0.2) is 5.38 Å². The lowest BCUT2D eigenvalue weighted by Gasteiger charge is -2.15. The van der Waals surface area contributed by atoms with Gasteiger partial charge in [0.2, 0.25) is 0 Å². The highest BCUT2D eigenvalue weighted by molar-refractivity contribution is 7.09. The topological polar surface area (TPSA) is 12.9 Å². The van der Waals surface area contributed by atoms with E-state index < -0.39 is 0 Å². The Morgan fingerprint density at radius 2 is 2.08 bits per heavy atom. The van der Waals surface area contributed by atoms with Crippen molar-refractivity contribution >= 4 is 11.3 Å². The van der Waals surface area contributed by atoms with Crippen LogP contribution in [0.25, 0.3) is 0 Å². The molecule has 0 unspecified atom stereocenters. The van der Waals surface area contributed by atoms with Gasteiger partial charge in [0.05, 0.1) is 10.7 Å². The van der Waals surface area contributed by atoms with Gasteiger partial charge in [-0.25, -0.2) is 4.98 Å². The molecule has 0 saturated carbocycles. The van der Waals surface area contributed by atoms with E-state index in [0.29, 0.717) is 5.41 Å². The van der Waals surface area contributed by atoms with Gasteiger partial charge in [0, 0.05) is 5.38 Å². The minimum atomic E-state index is 0.359. The van der Waals surface area contributed by atoms with Crippen molar-refractivity contribution in [3.05, 3.63) is 16.1 Å². The van der Waals surface area contributed by atoms with Gasteiger partial charge in [0.15, 0.2) is 0 Å². The Morgan fingerprint density at radius 3 is 2.62 bits per heavy atom. The molecule has 0 aliphatic carbocycles. The summed E-state index contributed by atoms with van der Waals surface area (Å²) in [6.07, 6.45) is 3.42. The molecular weight excluding hydrogens is 178 g/mol.